The van der Waals surface area contributed by atoms with Crippen molar-refractivity contribution in [2.45, 2.75) is 51.0 Å². The SMILES string of the molecule is O=C(c1cc2c(s1)CCCCC2)N(CCO)C1CC1. The lowest BCUT2D eigenvalue weighted by molar-refractivity contribution is 0.0712. The van der Waals surface area contributed by atoms with Gasteiger partial charge in [-0.25, -0.2) is 0 Å². The molecule has 0 radical (unpaired) electrons. The lowest BCUT2D eigenvalue weighted by Crippen LogP contribution is -2.35. The standard InChI is InChI=1S/C15H21NO2S/c17-9-8-16(12-6-7-12)15(18)14-10-11-4-2-1-3-5-13(11)19-14/h10,12,17H,1-9H2. The number of hydrogen-bond donors (Lipinski definition) is 1. The van der Waals surface area contributed by atoms with Gasteiger partial charge in [0.2, 0.25) is 0 Å². The number of aliphatic hydroxyl groups is 1. The smallest absolute Gasteiger partial charge is 0.264 e. The number of aliphatic hydroxyl groups excluding tert-OH is 1. The highest BCUT2D eigenvalue weighted by Crippen LogP contribution is 2.33. The highest BCUT2D eigenvalue weighted by atomic mass is 32.1. The van der Waals surface area contributed by atoms with Gasteiger partial charge in [0, 0.05) is 17.5 Å². The van der Waals surface area contributed by atoms with Gasteiger partial charge < -0.3 is 10.0 Å². The fourth-order valence-corrected chi connectivity index (χ4v) is 4.07. The van der Waals surface area contributed by atoms with Gasteiger partial charge in [0.05, 0.1) is 11.5 Å². The Labute approximate surface area is 118 Å². The van der Waals surface area contributed by atoms with Crippen LogP contribution in [0.3, 0.4) is 0 Å². The summed E-state index contributed by atoms with van der Waals surface area (Å²) < 4.78 is 0. The van der Waals surface area contributed by atoms with E-state index in [1.54, 1.807) is 11.3 Å². The van der Waals surface area contributed by atoms with Crippen LogP contribution in [0.2, 0.25) is 0 Å². The molecule has 2 aliphatic rings. The highest BCUT2D eigenvalue weighted by Gasteiger charge is 2.33. The van der Waals surface area contributed by atoms with E-state index >= 15 is 0 Å². The minimum atomic E-state index is 0.0628. The third kappa shape index (κ3) is 2.84. The van der Waals surface area contributed by atoms with Crippen molar-refractivity contribution in [2.24, 2.45) is 0 Å². The topological polar surface area (TPSA) is 40.5 Å². The van der Waals surface area contributed by atoms with E-state index < -0.39 is 0 Å². The van der Waals surface area contributed by atoms with Crippen molar-refractivity contribution in [1.29, 1.82) is 0 Å². The molecular formula is C15H21NO2S. The van der Waals surface area contributed by atoms with E-state index in [-0.39, 0.29) is 12.5 Å². The maximum atomic E-state index is 12.5. The number of nitrogens with zero attached hydrogens (tertiary/aromatic N) is 1. The van der Waals surface area contributed by atoms with E-state index in [0.29, 0.717) is 12.6 Å². The second-order valence-corrected chi connectivity index (χ2v) is 6.71. The minimum absolute atomic E-state index is 0.0628. The van der Waals surface area contributed by atoms with Crippen LogP contribution in [0.15, 0.2) is 6.07 Å². The number of fused-ring (bicyclic) bond motifs is 1. The van der Waals surface area contributed by atoms with Crippen molar-refractivity contribution in [3.63, 3.8) is 0 Å². The predicted molar refractivity (Wildman–Crippen MR) is 76.7 cm³/mol. The number of carbonyl (C=O) groups excluding carboxylic acids is 1. The van der Waals surface area contributed by atoms with Gasteiger partial charge in [-0.2, -0.15) is 0 Å². The van der Waals surface area contributed by atoms with E-state index in [1.807, 2.05) is 4.90 Å². The molecule has 104 valence electrons. The zero-order chi connectivity index (χ0) is 13.2. The predicted octanol–water partition coefficient (Wildman–Crippen LogP) is 2.61. The lowest BCUT2D eigenvalue weighted by atomic mass is 10.1. The van der Waals surface area contributed by atoms with Gasteiger partial charge in [-0.3, -0.25) is 4.79 Å². The summed E-state index contributed by atoms with van der Waals surface area (Å²) in [6, 6.07) is 2.49. The average Bonchev–Trinajstić information content (AvgIpc) is 3.20. The Balaban J connectivity index is 1.79. The zero-order valence-corrected chi connectivity index (χ0v) is 12.0. The van der Waals surface area contributed by atoms with Crippen molar-refractivity contribution < 1.29 is 9.90 Å². The molecule has 1 heterocycles. The van der Waals surface area contributed by atoms with Crippen LogP contribution in [-0.4, -0.2) is 35.1 Å². The Morgan fingerprint density at radius 2 is 2.11 bits per heavy atom. The van der Waals surface area contributed by atoms with Crippen molar-refractivity contribution >= 4 is 17.2 Å². The van der Waals surface area contributed by atoms with Crippen molar-refractivity contribution in [3.8, 4) is 0 Å². The molecule has 0 aliphatic heterocycles. The molecule has 0 spiro atoms. The summed E-state index contributed by atoms with van der Waals surface area (Å²) in [4.78, 5) is 16.7. The quantitative estimate of drug-likeness (QED) is 0.861. The molecule has 1 N–H and O–H groups in total. The maximum absolute atomic E-state index is 12.5. The molecule has 1 saturated carbocycles. The monoisotopic (exact) mass is 279 g/mol. The Bertz CT molecular complexity index is 441. The number of hydrogen-bond acceptors (Lipinski definition) is 3. The van der Waals surface area contributed by atoms with Crippen LogP contribution in [-0.2, 0) is 12.8 Å². The fraction of sp³-hybridized carbons (Fsp3) is 0.667. The van der Waals surface area contributed by atoms with E-state index in [4.69, 9.17) is 5.11 Å². The van der Waals surface area contributed by atoms with Gasteiger partial charge in [-0.15, -0.1) is 11.3 Å². The van der Waals surface area contributed by atoms with Crippen LogP contribution in [0, 0.1) is 0 Å². The van der Waals surface area contributed by atoms with Crippen LogP contribution in [0.1, 0.15) is 52.2 Å². The van der Waals surface area contributed by atoms with E-state index in [2.05, 4.69) is 6.07 Å². The molecule has 1 amide bonds. The normalized spacial score (nSPS) is 18.8. The van der Waals surface area contributed by atoms with Gasteiger partial charge in [-0.1, -0.05) is 6.42 Å². The first-order valence-corrected chi connectivity index (χ1v) is 8.14. The summed E-state index contributed by atoms with van der Waals surface area (Å²) in [5.74, 6) is 0.134. The molecule has 0 aromatic carbocycles. The summed E-state index contributed by atoms with van der Waals surface area (Å²) in [6.45, 7) is 0.541. The highest BCUT2D eigenvalue weighted by molar-refractivity contribution is 7.14. The second-order valence-electron chi connectivity index (χ2n) is 5.57. The molecule has 0 atom stereocenters. The Morgan fingerprint density at radius 3 is 2.84 bits per heavy atom. The molecule has 3 nitrogen and oxygen atoms in total. The van der Waals surface area contributed by atoms with Crippen molar-refractivity contribution in [3.05, 3.63) is 21.4 Å². The first-order chi connectivity index (χ1) is 9.29. The van der Waals surface area contributed by atoms with Gasteiger partial charge in [-0.05, 0) is 50.2 Å². The summed E-state index contributed by atoms with van der Waals surface area (Å²) in [7, 11) is 0. The van der Waals surface area contributed by atoms with Gasteiger partial charge in [0.15, 0.2) is 0 Å². The maximum Gasteiger partial charge on any atom is 0.264 e. The van der Waals surface area contributed by atoms with Crippen LogP contribution < -0.4 is 0 Å². The third-order valence-electron chi connectivity index (χ3n) is 4.05. The average molecular weight is 279 g/mol. The molecular weight excluding hydrogens is 258 g/mol. The number of rotatable bonds is 4. The van der Waals surface area contributed by atoms with E-state index in [9.17, 15) is 4.79 Å². The molecule has 1 fully saturated rings. The van der Waals surface area contributed by atoms with E-state index in [1.165, 1.54) is 29.7 Å². The molecule has 2 aliphatic carbocycles. The molecule has 4 heteroatoms. The first-order valence-electron chi connectivity index (χ1n) is 7.33. The van der Waals surface area contributed by atoms with Crippen LogP contribution in [0.25, 0.3) is 0 Å². The van der Waals surface area contributed by atoms with Gasteiger partial charge in [0.1, 0.15) is 0 Å². The summed E-state index contributed by atoms with van der Waals surface area (Å²) in [5, 5.41) is 9.12. The largest absolute Gasteiger partial charge is 0.395 e. The summed E-state index contributed by atoms with van der Waals surface area (Å²) >= 11 is 1.68. The molecule has 0 bridgehead atoms. The molecule has 1 aromatic heterocycles. The summed E-state index contributed by atoms with van der Waals surface area (Å²) in [6.07, 6.45) is 8.26. The Hall–Kier alpha value is -0.870. The molecule has 3 rings (SSSR count). The molecule has 1 aromatic rings. The lowest BCUT2D eigenvalue weighted by Gasteiger charge is -2.20. The van der Waals surface area contributed by atoms with Crippen molar-refractivity contribution in [1.82, 2.24) is 4.90 Å². The molecule has 0 unspecified atom stereocenters. The molecule has 19 heavy (non-hydrogen) atoms. The number of aryl methyl sites for hydroxylation is 2. The zero-order valence-electron chi connectivity index (χ0n) is 11.2. The van der Waals surface area contributed by atoms with Crippen molar-refractivity contribution in [2.75, 3.05) is 13.2 Å². The van der Waals surface area contributed by atoms with E-state index in [0.717, 1.165) is 30.6 Å². The van der Waals surface area contributed by atoms with Gasteiger partial charge >= 0.3 is 0 Å². The number of carbonyl (C=O) groups is 1. The van der Waals surface area contributed by atoms with Gasteiger partial charge in [0.25, 0.3) is 5.91 Å². The Kier molecular flexibility index (Phi) is 3.89. The number of amides is 1. The Morgan fingerprint density at radius 1 is 1.32 bits per heavy atom. The third-order valence-corrected chi connectivity index (χ3v) is 5.27. The first kappa shape index (κ1) is 13.1. The molecule has 0 saturated heterocycles. The van der Waals surface area contributed by atoms with Crippen LogP contribution in [0.4, 0.5) is 0 Å². The van der Waals surface area contributed by atoms with Crippen LogP contribution >= 0.6 is 11.3 Å². The van der Waals surface area contributed by atoms with Crippen LogP contribution in [0.5, 0.6) is 0 Å². The second kappa shape index (κ2) is 5.63. The summed E-state index contributed by atoms with van der Waals surface area (Å²) in [5.41, 5.74) is 1.39. The number of thiophene rings is 1. The fourth-order valence-electron chi connectivity index (χ4n) is 2.86. The minimum Gasteiger partial charge on any atom is -0.395 e.